The van der Waals surface area contributed by atoms with E-state index in [0.29, 0.717) is 11.8 Å². The SMILES string of the molecule is C[C@@H](CNC(=O)Cn1cccn1)Sc1ccccc1. The summed E-state index contributed by atoms with van der Waals surface area (Å²) in [6.45, 7) is 3.03. The minimum absolute atomic E-state index is 0.00999. The topological polar surface area (TPSA) is 46.9 Å². The summed E-state index contributed by atoms with van der Waals surface area (Å²) in [5, 5.41) is 7.26. The minimum atomic E-state index is -0.00999. The van der Waals surface area contributed by atoms with Gasteiger partial charge >= 0.3 is 0 Å². The highest BCUT2D eigenvalue weighted by Gasteiger charge is 2.07. The second-order valence-corrected chi connectivity index (χ2v) is 5.76. The molecule has 1 amide bonds. The number of nitrogens with one attached hydrogen (secondary N) is 1. The van der Waals surface area contributed by atoms with Crippen molar-refractivity contribution in [1.29, 1.82) is 0 Å². The van der Waals surface area contributed by atoms with Gasteiger partial charge in [0.25, 0.3) is 0 Å². The molecular formula is C14H17N3OS. The zero-order valence-electron chi connectivity index (χ0n) is 10.8. The molecule has 0 fully saturated rings. The molecule has 0 aliphatic rings. The molecule has 0 unspecified atom stereocenters. The fourth-order valence-electron chi connectivity index (χ4n) is 1.63. The molecule has 100 valence electrons. The van der Waals surface area contributed by atoms with Crippen LogP contribution in [0.25, 0.3) is 0 Å². The lowest BCUT2D eigenvalue weighted by molar-refractivity contribution is -0.121. The average molecular weight is 275 g/mol. The molecule has 0 radical (unpaired) electrons. The number of aromatic nitrogens is 2. The predicted molar refractivity (Wildman–Crippen MR) is 77.0 cm³/mol. The summed E-state index contributed by atoms with van der Waals surface area (Å²) in [6.07, 6.45) is 3.45. The van der Waals surface area contributed by atoms with Gasteiger partial charge in [-0.3, -0.25) is 9.48 Å². The maximum atomic E-state index is 11.7. The summed E-state index contributed by atoms with van der Waals surface area (Å²) in [7, 11) is 0. The molecule has 19 heavy (non-hydrogen) atoms. The lowest BCUT2D eigenvalue weighted by atomic mass is 10.4. The van der Waals surface area contributed by atoms with Gasteiger partial charge in [-0.1, -0.05) is 25.1 Å². The van der Waals surface area contributed by atoms with E-state index in [1.54, 1.807) is 34.9 Å². The highest BCUT2D eigenvalue weighted by atomic mass is 32.2. The van der Waals surface area contributed by atoms with Crippen molar-refractivity contribution in [1.82, 2.24) is 15.1 Å². The molecule has 2 aromatic rings. The fraction of sp³-hybridized carbons (Fsp3) is 0.286. The first kappa shape index (κ1) is 13.7. The highest BCUT2D eigenvalue weighted by molar-refractivity contribution is 8.00. The van der Waals surface area contributed by atoms with Crippen LogP contribution < -0.4 is 5.32 Å². The largest absolute Gasteiger partial charge is 0.353 e. The number of benzene rings is 1. The minimum Gasteiger partial charge on any atom is -0.353 e. The van der Waals surface area contributed by atoms with Crippen LogP contribution in [0.2, 0.25) is 0 Å². The summed E-state index contributed by atoms with van der Waals surface area (Å²) in [4.78, 5) is 12.9. The number of rotatable bonds is 6. The first-order valence-corrected chi connectivity index (χ1v) is 7.08. The molecular weight excluding hydrogens is 258 g/mol. The summed E-state index contributed by atoms with van der Waals surface area (Å²) in [6, 6.07) is 12.0. The van der Waals surface area contributed by atoms with Crippen LogP contribution in [0.15, 0.2) is 53.7 Å². The van der Waals surface area contributed by atoms with Gasteiger partial charge in [0.1, 0.15) is 6.54 Å². The Bertz CT molecular complexity index is 499. The first-order chi connectivity index (χ1) is 9.24. The van der Waals surface area contributed by atoms with Crippen LogP contribution in [0.5, 0.6) is 0 Å². The van der Waals surface area contributed by atoms with Crippen LogP contribution in [-0.2, 0) is 11.3 Å². The number of hydrogen-bond acceptors (Lipinski definition) is 3. The monoisotopic (exact) mass is 275 g/mol. The molecule has 0 spiro atoms. The lowest BCUT2D eigenvalue weighted by Crippen LogP contribution is -2.32. The Kier molecular flexibility index (Phi) is 5.03. The second kappa shape index (κ2) is 6.99. The summed E-state index contributed by atoms with van der Waals surface area (Å²) in [5.74, 6) is -0.00999. The molecule has 1 aromatic carbocycles. The molecule has 1 aromatic heterocycles. The van der Waals surface area contributed by atoms with Gasteiger partial charge in [0.2, 0.25) is 5.91 Å². The molecule has 4 nitrogen and oxygen atoms in total. The highest BCUT2D eigenvalue weighted by Crippen LogP contribution is 2.21. The summed E-state index contributed by atoms with van der Waals surface area (Å²) >= 11 is 1.76. The molecule has 0 bridgehead atoms. The van der Waals surface area contributed by atoms with E-state index in [-0.39, 0.29) is 12.5 Å². The molecule has 0 aliphatic carbocycles. The van der Waals surface area contributed by atoms with E-state index >= 15 is 0 Å². The van der Waals surface area contributed by atoms with Gasteiger partial charge in [-0.25, -0.2) is 0 Å². The van der Waals surface area contributed by atoms with E-state index in [0.717, 1.165) is 0 Å². The molecule has 2 rings (SSSR count). The molecule has 5 heteroatoms. The maximum Gasteiger partial charge on any atom is 0.241 e. The number of carbonyl (C=O) groups is 1. The fourth-order valence-corrected chi connectivity index (χ4v) is 2.57. The van der Waals surface area contributed by atoms with Crippen molar-refractivity contribution in [2.45, 2.75) is 23.6 Å². The van der Waals surface area contributed by atoms with E-state index in [9.17, 15) is 4.79 Å². The normalized spacial score (nSPS) is 12.1. The van der Waals surface area contributed by atoms with Crippen LogP contribution in [0.1, 0.15) is 6.92 Å². The van der Waals surface area contributed by atoms with Crippen LogP contribution >= 0.6 is 11.8 Å². The van der Waals surface area contributed by atoms with Gasteiger partial charge < -0.3 is 5.32 Å². The first-order valence-electron chi connectivity index (χ1n) is 6.20. The van der Waals surface area contributed by atoms with Crippen molar-refractivity contribution in [3.8, 4) is 0 Å². The van der Waals surface area contributed by atoms with Crippen molar-refractivity contribution >= 4 is 17.7 Å². The third-order valence-electron chi connectivity index (χ3n) is 2.53. The lowest BCUT2D eigenvalue weighted by Gasteiger charge is -2.12. The van der Waals surface area contributed by atoms with E-state index in [1.807, 2.05) is 18.2 Å². The standard InChI is InChI=1S/C14H17N3OS/c1-12(19-13-6-3-2-4-7-13)10-15-14(18)11-17-9-5-8-16-17/h2-9,12H,10-11H2,1H3,(H,15,18)/t12-/m0/s1. The Labute approximate surface area is 117 Å². The Balaban J connectivity index is 1.71. The summed E-state index contributed by atoms with van der Waals surface area (Å²) < 4.78 is 1.62. The van der Waals surface area contributed by atoms with Crippen LogP contribution in [0.4, 0.5) is 0 Å². The molecule has 0 aliphatic heterocycles. The number of amides is 1. The van der Waals surface area contributed by atoms with Gasteiger partial charge in [0, 0.05) is 29.1 Å². The van der Waals surface area contributed by atoms with E-state index < -0.39 is 0 Å². The van der Waals surface area contributed by atoms with E-state index in [2.05, 4.69) is 29.5 Å². The van der Waals surface area contributed by atoms with Gasteiger partial charge in [0.05, 0.1) is 0 Å². The number of nitrogens with zero attached hydrogens (tertiary/aromatic N) is 2. The molecule has 1 heterocycles. The van der Waals surface area contributed by atoms with Gasteiger partial charge in [-0.05, 0) is 18.2 Å². The number of thioether (sulfide) groups is 1. The molecule has 1 N–H and O–H groups in total. The van der Waals surface area contributed by atoms with Crippen molar-refractivity contribution in [2.24, 2.45) is 0 Å². The average Bonchev–Trinajstić information content (AvgIpc) is 2.90. The van der Waals surface area contributed by atoms with Crippen molar-refractivity contribution in [2.75, 3.05) is 6.54 Å². The Morgan fingerprint density at radius 2 is 2.16 bits per heavy atom. The van der Waals surface area contributed by atoms with Crippen LogP contribution in [-0.4, -0.2) is 27.5 Å². The molecule has 0 saturated heterocycles. The summed E-state index contributed by atoms with van der Waals surface area (Å²) in [5.41, 5.74) is 0. The van der Waals surface area contributed by atoms with E-state index in [1.165, 1.54) is 4.90 Å². The van der Waals surface area contributed by atoms with Gasteiger partial charge in [-0.15, -0.1) is 11.8 Å². The second-order valence-electron chi connectivity index (χ2n) is 4.25. The van der Waals surface area contributed by atoms with Crippen molar-refractivity contribution in [3.05, 3.63) is 48.8 Å². The number of carbonyl (C=O) groups excluding carboxylic acids is 1. The van der Waals surface area contributed by atoms with Crippen LogP contribution in [0, 0.1) is 0 Å². The zero-order valence-corrected chi connectivity index (χ0v) is 11.6. The maximum absolute atomic E-state index is 11.7. The zero-order chi connectivity index (χ0) is 13.5. The van der Waals surface area contributed by atoms with Crippen molar-refractivity contribution in [3.63, 3.8) is 0 Å². The quantitative estimate of drug-likeness (QED) is 0.822. The third-order valence-corrected chi connectivity index (χ3v) is 3.65. The molecule has 0 saturated carbocycles. The smallest absolute Gasteiger partial charge is 0.241 e. The van der Waals surface area contributed by atoms with Gasteiger partial charge in [-0.2, -0.15) is 5.10 Å². The Morgan fingerprint density at radius 3 is 2.84 bits per heavy atom. The Morgan fingerprint density at radius 1 is 1.37 bits per heavy atom. The number of hydrogen-bond donors (Lipinski definition) is 1. The van der Waals surface area contributed by atoms with E-state index in [4.69, 9.17) is 0 Å². The Hall–Kier alpha value is -1.75. The molecule has 1 atom stereocenters. The van der Waals surface area contributed by atoms with Gasteiger partial charge in [0.15, 0.2) is 0 Å². The van der Waals surface area contributed by atoms with Crippen LogP contribution in [0.3, 0.4) is 0 Å². The van der Waals surface area contributed by atoms with Crippen molar-refractivity contribution < 1.29 is 4.79 Å². The third kappa shape index (κ3) is 4.79. The predicted octanol–water partition coefficient (Wildman–Crippen LogP) is 2.18.